The van der Waals surface area contributed by atoms with E-state index in [1.807, 2.05) is 0 Å². The molecule has 0 amide bonds. The Morgan fingerprint density at radius 2 is 2.04 bits per heavy atom. The van der Waals surface area contributed by atoms with Gasteiger partial charge in [-0.3, -0.25) is 0 Å². The molecule has 0 radical (unpaired) electrons. The third-order valence-electron chi connectivity index (χ3n) is 4.81. The highest BCUT2D eigenvalue weighted by atomic mass is 127. The van der Waals surface area contributed by atoms with Crippen molar-refractivity contribution < 1.29 is 0 Å². The van der Waals surface area contributed by atoms with Crippen LogP contribution in [0.1, 0.15) is 23.8 Å². The highest BCUT2D eigenvalue weighted by molar-refractivity contribution is 14.0. The zero-order valence-corrected chi connectivity index (χ0v) is 19.2. The van der Waals surface area contributed by atoms with Crippen LogP contribution in [-0.4, -0.2) is 43.6 Å². The van der Waals surface area contributed by atoms with Gasteiger partial charge in [0.25, 0.3) is 0 Å². The van der Waals surface area contributed by atoms with E-state index in [0.29, 0.717) is 5.92 Å². The van der Waals surface area contributed by atoms with Crippen molar-refractivity contribution in [2.45, 2.75) is 26.3 Å². The van der Waals surface area contributed by atoms with E-state index >= 15 is 0 Å². The Balaban J connectivity index is 0.00000261. The summed E-state index contributed by atoms with van der Waals surface area (Å²) in [6.45, 7) is 8.31. The quantitative estimate of drug-likeness (QED) is 0.329. The molecular weight excluding hydrogens is 467 g/mol. The summed E-state index contributed by atoms with van der Waals surface area (Å²) in [7, 11) is 0. The van der Waals surface area contributed by atoms with Crippen LogP contribution in [0.3, 0.4) is 0 Å². The van der Waals surface area contributed by atoms with E-state index in [9.17, 15) is 0 Å². The van der Waals surface area contributed by atoms with Gasteiger partial charge in [-0.1, -0.05) is 36.4 Å². The average Bonchev–Trinajstić information content (AvgIpc) is 3.35. The Kier molecular flexibility index (Phi) is 10.2. The van der Waals surface area contributed by atoms with Crippen LogP contribution in [0, 0.1) is 5.92 Å². The molecule has 1 atom stereocenters. The molecule has 6 heteroatoms. The number of halogens is 1. The van der Waals surface area contributed by atoms with Crippen molar-refractivity contribution in [3.63, 3.8) is 0 Å². The number of hydrogen-bond donors (Lipinski definition) is 2. The second-order valence-electron chi connectivity index (χ2n) is 6.85. The molecule has 1 aromatic carbocycles. The summed E-state index contributed by atoms with van der Waals surface area (Å²) in [6, 6.07) is 15.0. The summed E-state index contributed by atoms with van der Waals surface area (Å²) in [6.07, 6.45) is 2.41. The van der Waals surface area contributed by atoms with Crippen LogP contribution in [0.4, 0.5) is 0 Å². The molecule has 1 saturated heterocycles. The number of hydrogen-bond acceptors (Lipinski definition) is 3. The van der Waals surface area contributed by atoms with Gasteiger partial charge in [-0.05, 0) is 49.2 Å². The fourth-order valence-electron chi connectivity index (χ4n) is 3.36. The molecule has 27 heavy (non-hydrogen) atoms. The summed E-state index contributed by atoms with van der Waals surface area (Å²) in [5.74, 6) is 1.64. The summed E-state index contributed by atoms with van der Waals surface area (Å²) >= 11 is 1.76. The molecule has 0 aliphatic carbocycles. The number of rotatable bonds is 8. The van der Waals surface area contributed by atoms with Crippen molar-refractivity contribution >= 4 is 41.3 Å². The first-order valence-corrected chi connectivity index (χ1v) is 10.5. The zero-order chi connectivity index (χ0) is 18.0. The molecule has 1 fully saturated rings. The van der Waals surface area contributed by atoms with E-state index in [0.717, 1.165) is 38.6 Å². The van der Waals surface area contributed by atoms with Crippen molar-refractivity contribution in [2.24, 2.45) is 10.9 Å². The van der Waals surface area contributed by atoms with E-state index in [-0.39, 0.29) is 24.0 Å². The number of nitrogens with zero attached hydrogens (tertiary/aromatic N) is 2. The van der Waals surface area contributed by atoms with Crippen molar-refractivity contribution in [2.75, 3.05) is 32.7 Å². The minimum absolute atomic E-state index is 0. The monoisotopic (exact) mass is 498 g/mol. The van der Waals surface area contributed by atoms with Crippen LogP contribution < -0.4 is 10.6 Å². The van der Waals surface area contributed by atoms with Gasteiger partial charge >= 0.3 is 0 Å². The first kappa shape index (κ1) is 22.2. The third-order valence-corrected chi connectivity index (χ3v) is 5.67. The highest BCUT2D eigenvalue weighted by Crippen LogP contribution is 2.16. The Morgan fingerprint density at radius 3 is 2.78 bits per heavy atom. The van der Waals surface area contributed by atoms with Crippen molar-refractivity contribution in [3.8, 4) is 0 Å². The summed E-state index contributed by atoms with van der Waals surface area (Å²) in [4.78, 5) is 8.60. The van der Waals surface area contributed by atoms with Crippen LogP contribution in [0.25, 0.3) is 0 Å². The second kappa shape index (κ2) is 12.4. The molecule has 0 bridgehead atoms. The van der Waals surface area contributed by atoms with Gasteiger partial charge in [-0.25, -0.2) is 4.99 Å². The normalized spacial score (nSPS) is 17.5. The summed E-state index contributed by atoms with van der Waals surface area (Å²) in [5.41, 5.74) is 1.43. The van der Waals surface area contributed by atoms with Gasteiger partial charge in [0.05, 0.1) is 6.54 Å². The fraction of sp³-hybridized carbons (Fsp3) is 0.476. The lowest BCUT2D eigenvalue weighted by atomic mass is 10.1. The van der Waals surface area contributed by atoms with Crippen LogP contribution >= 0.6 is 35.3 Å². The Hall–Kier alpha value is -1.12. The average molecular weight is 498 g/mol. The Labute approximate surface area is 184 Å². The Morgan fingerprint density at radius 1 is 1.19 bits per heavy atom. The van der Waals surface area contributed by atoms with Gasteiger partial charge in [0.2, 0.25) is 0 Å². The molecule has 1 unspecified atom stereocenters. The minimum Gasteiger partial charge on any atom is -0.357 e. The molecule has 0 saturated carbocycles. The topological polar surface area (TPSA) is 39.7 Å². The molecule has 4 nitrogen and oxygen atoms in total. The molecule has 2 heterocycles. The Bertz CT molecular complexity index is 660. The molecule has 2 N–H and O–H groups in total. The zero-order valence-electron chi connectivity index (χ0n) is 16.1. The molecule has 1 aromatic heterocycles. The van der Waals surface area contributed by atoms with Gasteiger partial charge in [0.1, 0.15) is 0 Å². The molecule has 2 aromatic rings. The van der Waals surface area contributed by atoms with Gasteiger partial charge in [-0.2, -0.15) is 0 Å². The maximum Gasteiger partial charge on any atom is 0.191 e. The lowest BCUT2D eigenvalue weighted by Gasteiger charge is -2.17. The van der Waals surface area contributed by atoms with E-state index in [1.54, 1.807) is 11.3 Å². The fourth-order valence-corrected chi connectivity index (χ4v) is 3.98. The third kappa shape index (κ3) is 7.79. The number of likely N-dealkylation sites (tertiary alicyclic amines) is 1. The number of benzene rings is 1. The van der Waals surface area contributed by atoms with E-state index in [4.69, 9.17) is 4.99 Å². The summed E-state index contributed by atoms with van der Waals surface area (Å²) < 4.78 is 0. The molecule has 148 valence electrons. The molecular formula is C21H31IN4S. The largest absolute Gasteiger partial charge is 0.357 e. The smallest absolute Gasteiger partial charge is 0.191 e. The van der Waals surface area contributed by atoms with Crippen LogP contribution in [0.2, 0.25) is 0 Å². The highest BCUT2D eigenvalue weighted by Gasteiger charge is 2.22. The van der Waals surface area contributed by atoms with Gasteiger partial charge in [0.15, 0.2) is 5.96 Å². The van der Waals surface area contributed by atoms with Gasteiger partial charge in [0, 0.05) is 31.1 Å². The number of nitrogens with one attached hydrogen (secondary N) is 2. The SMILES string of the molecule is CCNC(=NCc1cccs1)NCC1CCN(CCc2ccccc2)C1.I. The molecule has 0 spiro atoms. The second-order valence-corrected chi connectivity index (χ2v) is 7.88. The first-order valence-electron chi connectivity index (χ1n) is 9.64. The van der Waals surface area contributed by atoms with E-state index in [2.05, 4.69) is 70.3 Å². The van der Waals surface area contributed by atoms with Crippen molar-refractivity contribution in [3.05, 3.63) is 58.3 Å². The van der Waals surface area contributed by atoms with Crippen molar-refractivity contribution in [1.29, 1.82) is 0 Å². The minimum atomic E-state index is 0. The predicted molar refractivity (Wildman–Crippen MR) is 127 cm³/mol. The number of aliphatic imine (C=N–C) groups is 1. The predicted octanol–water partition coefficient (Wildman–Crippen LogP) is 3.99. The molecule has 1 aliphatic rings. The van der Waals surface area contributed by atoms with E-state index in [1.165, 1.54) is 30.0 Å². The van der Waals surface area contributed by atoms with Gasteiger partial charge in [-0.15, -0.1) is 35.3 Å². The lowest BCUT2D eigenvalue weighted by molar-refractivity contribution is 0.328. The van der Waals surface area contributed by atoms with Gasteiger partial charge < -0.3 is 15.5 Å². The van der Waals surface area contributed by atoms with Crippen LogP contribution in [0.5, 0.6) is 0 Å². The van der Waals surface area contributed by atoms with Crippen LogP contribution in [0.15, 0.2) is 52.8 Å². The molecule has 1 aliphatic heterocycles. The first-order chi connectivity index (χ1) is 12.8. The molecule has 3 rings (SSSR count). The summed E-state index contributed by atoms with van der Waals surface area (Å²) in [5, 5.41) is 9.00. The van der Waals surface area contributed by atoms with Crippen molar-refractivity contribution in [1.82, 2.24) is 15.5 Å². The number of thiophene rings is 1. The number of guanidine groups is 1. The van der Waals surface area contributed by atoms with E-state index < -0.39 is 0 Å². The maximum absolute atomic E-state index is 4.70. The van der Waals surface area contributed by atoms with Crippen LogP contribution in [-0.2, 0) is 13.0 Å². The lowest BCUT2D eigenvalue weighted by Crippen LogP contribution is -2.40. The standard InChI is InChI=1S/C21H30N4S.HI/c1-2-22-21(24-16-20-9-6-14-26-20)23-15-19-11-13-25(17-19)12-10-18-7-4-3-5-8-18;/h3-9,14,19H,2,10-13,15-17H2,1H3,(H2,22,23,24);1H. The maximum atomic E-state index is 4.70.